The van der Waals surface area contributed by atoms with Crippen LogP contribution in [0.2, 0.25) is 0 Å². The molecule has 0 aromatic heterocycles. The molecule has 6 heteroatoms. The van der Waals surface area contributed by atoms with Crippen LogP contribution in [-0.2, 0) is 20.0 Å². The molecule has 0 atom stereocenters. The molecule has 5 rings (SSSR count). The zero-order valence-electron chi connectivity index (χ0n) is 20.8. The summed E-state index contributed by atoms with van der Waals surface area (Å²) in [6.07, 6.45) is 0. The molecule has 0 N–H and O–H groups in total. The number of nitrogens with zero attached hydrogens (tertiary/aromatic N) is 2. The van der Waals surface area contributed by atoms with E-state index in [0.29, 0.717) is 13.2 Å². The predicted molar refractivity (Wildman–Crippen MR) is 150 cm³/mol. The van der Waals surface area contributed by atoms with Crippen LogP contribution in [0.1, 0.15) is 25.0 Å². The second-order valence-corrected chi connectivity index (χ2v) is 8.14. The predicted octanol–water partition coefficient (Wildman–Crippen LogP) is 8.14. The second kappa shape index (κ2) is 13.4. The molecule has 0 bridgehead atoms. The Morgan fingerprint density at radius 1 is 0.568 bits per heavy atom. The molecule has 1 aliphatic heterocycles. The van der Waals surface area contributed by atoms with Crippen molar-refractivity contribution in [2.24, 2.45) is 0 Å². The van der Waals surface area contributed by atoms with Gasteiger partial charge in [-0.2, -0.15) is 0 Å². The van der Waals surface area contributed by atoms with Gasteiger partial charge in [0, 0.05) is 22.8 Å². The molecule has 0 saturated heterocycles. The summed E-state index contributed by atoms with van der Waals surface area (Å²) in [5.41, 5.74) is 6.66. The van der Waals surface area contributed by atoms with Crippen LogP contribution in [0.5, 0.6) is 11.5 Å². The molecule has 1 heterocycles. The van der Waals surface area contributed by atoms with Gasteiger partial charge < -0.3 is 19.3 Å². The SMILES string of the molecule is CCOc1ccc(N2[CH-]N(c3ccc(OCC)cc3)C(c3ccccc3)=C2c2ccccc2)cc1.[Cl][Ag]. The van der Waals surface area contributed by atoms with Gasteiger partial charge in [-0.3, -0.25) is 0 Å². The number of ether oxygens (including phenoxy) is 2. The zero-order chi connectivity index (χ0) is 26.0. The molecule has 0 radical (unpaired) electrons. The van der Waals surface area contributed by atoms with Gasteiger partial charge in [0.1, 0.15) is 11.5 Å². The number of hydrogen-bond donors (Lipinski definition) is 0. The maximum atomic E-state index is 5.68. The number of hydrogen-bond acceptors (Lipinski definition) is 4. The Morgan fingerprint density at radius 2 is 0.919 bits per heavy atom. The topological polar surface area (TPSA) is 24.9 Å². The van der Waals surface area contributed by atoms with Crippen LogP contribution in [0.3, 0.4) is 0 Å². The fourth-order valence-electron chi connectivity index (χ4n) is 4.33. The summed E-state index contributed by atoms with van der Waals surface area (Å²) >= 11 is 2.42. The molecular formula is C31H29AgClN2O2-. The molecule has 0 amide bonds. The van der Waals surface area contributed by atoms with E-state index in [2.05, 4.69) is 131 Å². The average Bonchev–Trinajstić information content (AvgIpc) is 3.37. The van der Waals surface area contributed by atoms with E-state index in [1.165, 1.54) is 0 Å². The fourth-order valence-corrected chi connectivity index (χ4v) is 4.33. The molecule has 0 unspecified atom stereocenters. The van der Waals surface area contributed by atoms with E-state index in [9.17, 15) is 0 Å². The summed E-state index contributed by atoms with van der Waals surface area (Å²) in [5, 5.41) is 0. The van der Waals surface area contributed by atoms with Crippen molar-refractivity contribution < 1.29 is 29.5 Å². The van der Waals surface area contributed by atoms with Crippen molar-refractivity contribution in [1.82, 2.24) is 0 Å². The number of anilines is 2. The van der Waals surface area contributed by atoms with Crippen molar-refractivity contribution in [3.05, 3.63) is 127 Å². The van der Waals surface area contributed by atoms with Crippen LogP contribution in [-0.4, -0.2) is 13.2 Å². The fraction of sp³-hybridized carbons (Fsp3) is 0.129. The third-order valence-electron chi connectivity index (χ3n) is 5.88. The van der Waals surface area contributed by atoms with Crippen LogP contribution >= 0.6 is 9.19 Å². The molecule has 0 fully saturated rings. The first-order valence-electron chi connectivity index (χ1n) is 12.1. The first kappa shape index (κ1) is 26.9. The quantitative estimate of drug-likeness (QED) is 0.150. The van der Waals surface area contributed by atoms with E-state index in [-0.39, 0.29) is 0 Å². The van der Waals surface area contributed by atoms with Crippen LogP contribution in [0.25, 0.3) is 11.4 Å². The van der Waals surface area contributed by atoms with Crippen molar-refractivity contribution in [2.45, 2.75) is 13.8 Å². The molecule has 194 valence electrons. The summed E-state index contributed by atoms with van der Waals surface area (Å²) in [5.74, 6) is 1.74. The minimum absolute atomic E-state index is 0.647. The van der Waals surface area contributed by atoms with E-state index < -0.39 is 0 Å². The Kier molecular flexibility index (Phi) is 9.75. The van der Waals surface area contributed by atoms with Gasteiger partial charge in [-0.1, -0.05) is 60.7 Å². The Balaban J connectivity index is 0.00000156. The Morgan fingerprint density at radius 3 is 1.24 bits per heavy atom. The second-order valence-electron chi connectivity index (χ2n) is 8.14. The van der Waals surface area contributed by atoms with Crippen LogP contribution in [0.4, 0.5) is 11.4 Å². The molecule has 0 saturated carbocycles. The number of halogens is 1. The van der Waals surface area contributed by atoms with Gasteiger partial charge in [-0.05, 0) is 73.5 Å². The zero-order valence-corrected chi connectivity index (χ0v) is 23.0. The van der Waals surface area contributed by atoms with Crippen LogP contribution in [0, 0.1) is 6.67 Å². The van der Waals surface area contributed by atoms with Gasteiger partial charge in [0.15, 0.2) is 0 Å². The monoisotopic (exact) mass is 603 g/mol. The number of benzene rings is 4. The Labute approximate surface area is 235 Å². The molecule has 0 spiro atoms. The molecule has 0 aliphatic carbocycles. The summed E-state index contributed by atoms with van der Waals surface area (Å²) in [4.78, 5) is 4.51. The van der Waals surface area contributed by atoms with Gasteiger partial charge in [-0.15, -0.1) is 6.67 Å². The minimum atomic E-state index is 0.647. The molecule has 4 aromatic carbocycles. The maximum absolute atomic E-state index is 5.68. The molecule has 4 aromatic rings. The Bertz CT molecular complexity index is 1180. The molecule has 4 nitrogen and oxygen atoms in total. The van der Waals surface area contributed by atoms with E-state index >= 15 is 0 Å². The van der Waals surface area contributed by atoms with Crippen molar-refractivity contribution >= 4 is 32.0 Å². The van der Waals surface area contributed by atoms with Gasteiger partial charge in [-0.25, -0.2) is 0 Å². The van der Waals surface area contributed by atoms with Gasteiger partial charge in [0.2, 0.25) is 0 Å². The summed E-state index contributed by atoms with van der Waals surface area (Å²) in [6, 6.07) is 37.6. The molecular weight excluding hydrogens is 576 g/mol. The third kappa shape index (κ3) is 6.23. The van der Waals surface area contributed by atoms with E-state index in [1.54, 1.807) is 0 Å². The molecule has 1 aliphatic rings. The van der Waals surface area contributed by atoms with E-state index in [1.807, 2.05) is 38.1 Å². The average molecular weight is 605 g/mol. The van der Waals surface area contributed by atoms with Gasteiger partial charge >= 0.3 is 29.2 Å². The summed E-state index contributed by atoms with van der Waals surface area (Å²) in [7, 11) is 4.45. The van der Waals surface area contributed by atoms with Gasteiger partial charge in [0.05, 0.1) is 13.2 Å². The first-order chi connectivity index (χ1) is 18.3. The normalized spacial score (nSPS) is 12.8. The van der Waals surface area contributed by atoms with Crippen LogP contribution in [0.15, 0.2) is 109 Å². The Hall–Kier alpha value is -3.15. The first-order valence-corrected chi connectivity index (χ1v) is 14.0. The summed E-state index contributed by atoms with van der Waals surface area (Å²) < 4.78 is 11.4. The van der Waals surface area contributed by atoms with Crippen LogP contribution < -0.4 is 19.3 Å². The van der Waals surface area contributed by atoms with E-state index in [0.717, 1.165) is 45.4 Å². The van der Waals surface area contributed by atoms with Crippen molar-refractivity contribution in [1.29, 1.82) is 0 Å². The molecule has 37 heavy (non-hydrogen) atoms. The summed E-state index contributed by atoms with van der Waals surface area (Å²) in [6.45, 7) is 7.45. The van der Waals surface area contributed by atoms with Gasteiger partial charge in [0.25, 0.3) is 0 Å². The third-order valence-corrected chi connectivity index (χ3v) is 5.88. The van der Waals surface area contributed by atoms with E-state index in [4.69, 9.17) is 9.47 Å². The van der Waals surface area contributed by atoms with Crippen molar-refractivity contribution in [3.63, 3.8) is 0 Å². The standard InChI is InChI=1S/C31H29N2O2.Ag.ClH/c1-3-34-28-19-15-26(16-20-28)32-23-33(27-17-21-29(22-18-27)35-4-2)31(25-13-9-6-10-14-25)30(32)24-11-7-5-8-12-24;;/h5-23H,3-4H2,1-2H3;;1H/q-1;+1;/p-1. The van der Waals surface area contributed by atoms with Crippen molar-refractivity contribution in [3.8, 4) is 11.5 Å². The number of rotatable bonds is 8. The van der Waals surface area contributed by atoms with Crippen molar-refractivity contribution in [2.75, 3.05) is 23.0 Å².